The first-order valence-electron chi connectivity index (χ1n) is 5.88. The predicted octanol–water partition coefficient (Wildman–Crippen LogP) is 0.200. The summed E-state index contributed by atoms with van der Waals surface area (Å²) in [5.41, 5.74) is 5.86. The van der Waals surface area contributed by atoms with Gasteiger partial charge in [-0.2, -0.15) is 0 Å². The lowest BCUT2D eigenvalue weighted by atomic mass is 10.0. The molecule has 0 aromatic heterocycles. The molecule has 3 N–H and O–H groups in total. The van der Waals surface area contributed by atoms with E-state index < -0.39 is 10.0 Å². The van der Waals surface area contributed by atoms with Crippen molar-refractivity contribution in [1.82, 2.24) is 9.62 Å². The average molecular weight is 390 g/mol. The Bertz CT molecular complexity index is 372. The summed E-state index contributed by atoms with van der Waals surface area (Å²) in [5, 5.41) is 0. The molecule has 8 heteroatoms. The Morgan fingerprint density at radius 3 is 2.78 bits per heavy atom. The number of halogens is 1. The first-order valence-corrected chi connectivity index (χ1v) is 7.77. The number of hydrogen-bond acceptors (Lipinski definition) is 3. The fourth-order valence-electron chi connectivity index (χ4n) is 1.90. The van der Waals surface area contributed by atoms with Crippen LogP contribution in [0.15, 0.2) is 4.99 Å². The molecule has 0 radical (unpaired) electrons. The summed E-state index contributed by atoms with van der Waals surface area (Å²) in [6.07, 6.45) is 3.50. The quantitative estimate of drug-likeness (QED) is 0.311. The number of rotatable bonds is 4. The van der Waals surface area contributed by atoms with E-state index in [1.54, 1.807) is 0 Å². The van der Waals surface area contributed by atoms with Crippen LogP contribution in [0.5, 0.6) is 0 Å². The van der Waals surface area contributed by atoms with Gasteiger partial charge in [-0.15, -0.1) is 24.0 Å². The van der Waals surface area contributed by atoms with Gasteiger partial charge in [-0.05, 0) is 18.8 Å². The first-order chi connectivity index (χ1) is 7.88. The third kappa shape index (κ3) is 7.37. The molecule has 0 aliphatic carbocycles. The Labute approximate surface area is 126 Å². The van der Waals surface area contributed by atoms with Crippen LogP contribution in [0.4, 0.5) is 0 Å². The largest absolute Gasteiger partial charge is 0.370 e. The molecule has 1 saturated heterocycles. The van der Waals surface area contributed by atoms with Crippen molar-refractivity contribution >= 4 is 40.0 Å². The molecule has 18 heavy (non-hydrogen) atoms. The highest BCUT2D eigenvalue weighted by Crippen LogP contribution is 2.14. The van der Waals surface area contributed by atoms with E-state index in [0.29, 0.717) is 25.0 Å². The topological polar surface area (TPSA) is 87.8 Å². The summed E-state index contributed by atoms with van der Waals surface area (Å²) in [6, 6.07) is 0. The number of nitrogens with two attached hydrogens (primary N) is 1. The zero-order valence-corrected chi connectivity index (χ0v) is 14.1. The van der Waals surface area contributed by atoms with Gasteiger partial charge in [-0.25, -0.2) is 13.1 Å². The Kier molecular flexibility index (Phi) is 8.11. The van der Waals surface area contributed by atoms with Crippen molar-refractivity contribution in [2.75, 3.05) is 32.4 Å². The van der Waals surface area contributed by atoms with E-state index in [1.165, 1.54) is 6.42 Å². The second-order valence-electron chi connectivity index (χ2n) is 4.60. The minimum Gasteiger partial charge on any atom is -0.370 e. The fraction of sp³-hybridized carbons (Fsp3) is 0.900. The molecule has 1 aliphatic rings. The molecule has 1 aliphatic heterocycles. The first kappa shape index (κ1) is 17.9. The molecular formula is C10H23IN4O2S. The summed E-state index contributed by atoms with van der Waals surface area (Å²) in [7, 11) is -3.13. The van der Waals surface area contributed by atoms with Gasteiger partial charge >= 0.3 is 0 Å². The van der Waals surface area contributed by atoms with E-state index in [4.69, 9.17) is 5.73 Å². The molecule has 1 unspecified atom stereocenters. The van der Waals surface area contributed by atoms with Crippen LogP contribution in [0.1, 0.15) is 19.8 Å². The van der Waals surface area contributed by atoms with Gasteiger partial charge < -0.3 is 10.6 Å². The zero-order valence-electron chi connectivity index (χ0n) is 10.9. The number of nitrogens with one attached hydrogen (secondary N) is 1. The highest BCUT2D eigenvalue weighted by atomic mass is 127. The highest BCUT2D eigenvalue weighted by Gasteiger charge is 2.17. The van der Waals surface area contributed by atoms with Crippen LogP contribution in [-0.4, -0.2) is 51.7 Å². The molecule has 6 nitrogen and oxygen atoms in total. The fourth-order valence-corrected chi connectivity index (χ4v) is 2.36. The maximum atomic E-state index is 10.8. The van der Waals surface area contributed by atoms with Gasteiger partial charge in [0.1, 0.15) is 0 Å². The minimum atomic E-state index is -3.13. The minimum absolute atomic E-state index is 0. The van der Waals surface area contributed by atoms with E-state index in [9.17, 15) is 8.42 Å². The third-order valence-electron chi connectivity index (χ3n) is 2.73. The van der Waals surface area contributed by atoms with Crippen LogP contribution < -0.4 is 10.5 Å². The van der Waals surface area contributed by atoms with E-state index in [0.717, 1.165) is 25.8 Å². The molecule has 0 aromatic rings. The van der Waals surface area contributed by atoms with Crippen molar-refractivity contribution in [1.29, 1.82) is 0 Å². The maximum absolute atomic E-state index is 10.8. The van der Waals surface area contributed by atoms with Gasteiger partial charge in [-0.3, -0.25) is 4.99 Å². The second-order valence-corrected chi connectivity index (χ2v) is 6.43. The van der Waals surface area contributed by atoms with Gasteiger partial charge in [-0.1, -0.05) is 6.92 Å². The van der Waals surface area contributed by atoms with Crippen LogP contribution in [0.2, 0.25) is 0 Å². The summed E-state index contributed by atoms with van der Waals surface area (Å²) >= 11 is 0. The molecule has 0 bridgehead atoms. The number of piperidine rings is 1. The van der Waals surface area contributed by atoms with E-state index in [-0.39, 0.29) is 24.0 Å². The number of guanidine groups is 1. The molecule has 108 valence electrons. The van der Waals surface area contributed by atoms with Gasteiger partial charge in [0, 0.05) is 19.6 Å². The SMILES string of the molecule is CC1CCCN(C(N)=NCCNS(C)(=O)=O)C1.I. The van der Waals surface area contributed by atoms with Gasteiger partial charge in [0.25, 0.3) is 0 Å². The van der Waals surface area contributed by atoms with Crippen molar-refractivity contribution in [3.8, 4) is 0 Å². The van der Waals surface area contributed by atoms with Crippen LogP contribution in [0.3, 0.4) is 0 Å². The molecule has 0 aromatic carbocycles. The number of sulfonamides is 1. The second kappa shape index (κ2) is 8.16. The molecule has 0 spiro atoms. The van der Waals surface area contributed by atoms with Gasteiger partial charge in [0.05, 0.1) is 12.8 Å². The maximum Gasteiger partial charge on any atom is 0.208 e. The van der Waals surface area contributed by atoms with Gasteiger partial charge in [0.2, 0.25) is 10.0 Å². The lowest BCUT2D eigenvalue weighted by molar-refractivity contribution is 0.270. The average Bonchev–Trinajstić information content (AvgIpc) is 2.23. The number of aliphatic imine (C=N–C) groups is 1. The number of likely N-dealkylation sites (tertiary alicyclic amines) is 1. The Hall–Kier alpha value is -0.0900. The predicted molar refractivity (Wildman–Crippen MR) is 84.7 cm³/mol. The van der Waals surface area contributed by atoms with Crippen molar-refractivity contribution in [3.63, 3.8) is 0 Å². The van der Waals surface area contributed by atoms with Crippen molar-refractivity contribution in [2.24, 2.45) is 16.6 Å². The van der Waals surface area contributed by atoms with E-state index in [2.05, 4.69) is 21.5 Å². The molecule has 1 atom stereocenters. The van der Waals surface area contributed by atoms with Crippen molar-refractivity contribution in [2.45, 2.75) is 19.8 Å². The Balaban J connectivity index is 0.00000289. The lowest BCUT2D eigenvalue weighted by Crippen LogP contribution is -2.43. The smallest absolute Gasteiger partial charge is 0.208 e. The number of nitrogens with zero attached hydrogens (tertiary/aromatic N) is 2. The lowest BCUT2D eigenvalue weighted by Gasteiger charge is -2.31. The molecule has 1 rings (SSSR count). The Morgan fingerprint density at radius 1 is 1.56 bits per heavy atom. The third-order valence-corrected chi connectivity index (χ3v) is 3.46. The summed E-state index contributed by atoms with van der Waals surface area (Å²) in [6.45, 7) is 4.76. The normalized spacial score (nSPS) is 21.6. The van der Waals surface area contributed by atoms with E-state index >= 15 is 0 Å². The van der Waals surface area contributed by atoms with Crippen LogP contribution >= 0.6 is 24.0 Å². The zero-order chi connectivity index (χ0) is 12.9. The highest BCUT2D eigenvalue weighted by molar-refractivity contribution is 14.0. The molecule has 1 fully saturated rings. The van der Waals surface area contributed by atoms with Crippen molar-refractivity contribution in [3.05, 3.63) is 0 Å². The number of hydrogen-bond donors (Lipinski definition) is 2. The van der Waals surface area contributed by atoms with Crippen molar-refractivity contribution < 1.29 is 8.42 Å². The summed E-state index contributed by atoms with van der Waals surface area (Å²) < 4.78 is 24.0. The van der Waals surface area contributed by atoms with Crippen LogP contribution in [0.25, 0.3) is 0 Å². The monoisotopic (exact) mass is 390 g/mol. The summed E-state index contributed by atoms with van der Waals surface area (Å²) in [4.78, 5) is 6.24. The molecule has 0 saturated carbocycles. The molecule has 0 amide bonds. The Morgan fingerprint density at radius 2 is 2.22 bits per heavy atom. The van der Waals surface area contributed by atoms with Crippen LogP contribution in [0, 0.1) is 5.92 Å². The molecule has 1 heterocycles. The summed E-state index contributed by atoms with van der Waals surface area (Å²) in [5.74, 6) is 1.17. The van der Waals surface area contributed by atoms with Gasteiger partial charge in [0.15, 0.2) is 5.96 Å². The van der Waals surface area contributed by atoms with E-state index in [1.807, 2.05) is 0 Å². The van der Waals surface area contributed by atoms with Crippen LogP contribution in [-0.2, 0) is 10.0 Å². The standard InChI is InChI=1S/C10H22N4O2S.HI/c1-9-4-3-7-14(8-9)10(11)12-5-6-13-17(2,15)16;/h9,13H,3-8H2,1-2H3,(H2,11,12);1H. The molecular weight excluding hydrogens is 367 g/mol.